The Morgan fingerprint density at radius 2 is 1.91 bits per heavy atom. The van der Waals surface area contributed by atoms with E-state index in [1.807, 2.05) is 56.3 Å². The summed E-state index contributed by atoms with van der Waals surface area (Å²) in [5.74, 6) is 1.28. The zero-order chi connectivity index (χ0) is 16.1. The molecule has 0 aliphatic heterocycles. The minimum absolute atomic E-state index is 0.316. The van der Waals surface area contributed by atoms with E-state index in [0.29, 0.717) is 17.7 Å². The normalized spacial score (nSPS) is 11.4. The summed E-state index contributed by atoms with van der Waals surface area (Å²) in [5, 5.41) is 0.742. The molecule has 0 spiro atoms. The summed E-state index contributed by atoms with van der Waals surface area (Å²) < 4.78 is 5.12. The molecule has 2 rings (SSSR count). The Kier molecular flexibility index (Phi) is 5.48. The van der Waals surface area contributed by atoms with Crippen LogP contribution in [0.25, 0.3) is 0 Å². The van der Waals surface area contributed by atoms with E-state index in [9.17, 15) is 9.69 Å². The second-order valence-corrected chi connectivity index (χ2v) is 6.48. The Morgan fingerprint density at radius 3 is 2.55 bits per heavy atom. The van der Waals surface area contributed by atoms with Crippen molar-refractivity contribution >= 4 is 24.8 Å². The van der Waals surface area contributed by atoms with Crippen molar-refractivity contribution in [3.8, 4) is 0 Å². The molecule has 114 valence electrons. The van der Waals surface area contributed by atoms with Crippen LogP contribution in [0.3, 0.4) is 0 Å². The fourth-order valence-electron chi connectivity index (χ4n) is 2.36. The predicted molar refractivity (Wildman–Crippen MR) is 90.0 cm³/mol. The highest BCUT2D eigenvalue weighted by Crippen LogP contribution is 2.21. The van der Waals surface area contributed by atoms with Crippen LogP contribution in [0.15, 0.2) is 42.5 Å². The number of hydrogen-bond donors (Lipinski definition) is 0. The van der Waals surface area contributed by atoms with Crippen molar-refractivity contribution in [2.75, 3.05) is 6.61 Å². The van der Waals surface area contributed by atoms with Crippen LogP contribution in [-0.2, 0) is 4.74 Å². The van der Waals surface area contributed by atoms with Gasteiger partial charge in [-0.25, -0.2) is 4.79 Å². The second-order valence-electron chi connectivity index (χ2n) is 5.06. The van der Waals surface area contributed by atoms with E-state index in [4.69, 9.17) is 4.74 Å². The molecule has 0 aromatic heterocycles. The molecule has 0 aliphatic rings. The molecular weight excluding hydrogens is 295 g/mol. The summed E-state index contributed by atoms with van der Waals surface area (Å²) in [6, 6.07) is 13.0. The first-order chi connectivity index (χ1) is 10.5. The predicted octanol–water partition coefficient (Wildman–Crippen LogP) is 2.71. The van der Waals surface area contributed by atoms with E-state index >= 15 is 0 Å². The summed E-state index contributed by atoms with van der Waals surface area (Å²) in [7, 11) is -1.71. The lowest BCUT2D eigenvalue weighted by Crippen LogP contribution is -2.12. The van der Waals surface area contributed by atoms with E-state index in [1.165, 1.54) is 0 Å². The van der Waals surface area contributed by atoms with Gasteiger partial charge in [0.2, 0.25) is 0 Å². The maximum absolute atomic E-state index is 12.5. The lowest BCUT2D eigenvalue weighted by molar-refractivity contribution is -0.149. The topological polar surface area (TPSA) is 49.4 Å². The number of carbonyl (C=O) groups is 1. The van der Waals surface area contributed by atoms with Gasteiger partial charge in [0, 0.05) is 5.56 Å². The molecule has 2 aromatic carbocycles. The molecule has 0 heterocycles. The molecule has 0 saturated heterocycles. The molecule has 2 aromatic rings. The van der Waals surface area contributed by atoms with Crippen LogP contribution in [0.5, 0.6) is 0 Å². The van der Waals surface area contributed by atoms with Gasteiger partial charge in [-0.3, -0.25) is 0 Å². The zero-order valence-corrected chi connectivity index (χ0v) is 13.9. The smallest absolute Gasteiger partial charge is 0.339 e. The Hall–Kier alpha value is -1.96. The lowest BCUT2D eigenvalue weighted by atomic mass is 10.00. The Balaban J connectivity index is 2.52. The average Bonchev–Trinajstić information content (AvgIpc) is 2.47. The van der Waals surface area contributed by atoms with Gasteiger partial charge < -0.3 is 9.63 Å². The van der Waals surface area contributed by atoms with E-state index < -0.39 is 7.77 Å². The van der Waals surface area contributed by atoms with Gasteiger partial charge in [0.25, 0.3) is 0 Å². The van der Waals surface area contributed by atoms with Crippen LogP contribution in [0.2, 0.25) is 0 Å². The zero-order valence-electron chi connectivity index (χ0n) is 13.0. The van der Waals surface area contributed by atoms with Crippen molar-refractivity contribution in [1.29, 1.82) is 0 Å². The molecule has 0 aliphatic carbocycles. The first kappa shape index (κ1) is 16.4. The summed E-state index contributed by atoms with van der Waals surface area (Å²) in [5.41, 5.74) is 3.02. The number of benzene rings is 2. The van der Waals surface area contributed by atoms with Crippen LogP contribution >= 0.6 is 7.77 Å². The highest BCUT2D eigenvalue weighted by atomic mass is 31.1. The van der Waals surface area contributed by atoms with Gasteiger partial charge in [0.05, 0.1) is 19.9 Å². The molecule has 1 atom stereocenters. The summed E-state index contributed by atoms with van der Waals surface area (Å²) in [6.07, 6.45) is 0. The van der Waals surface area contributed by atoms with E-state index in [0.717, 1.165) is 16.4 Å². The lowest BCUT2D eigenvalue weighted by Gasteiger charge is -2.10. The third-order valence-electron chi connectivity index (χ3n) is 3.26. The number of carbonyl (C=O) groups excluding carboxylic acids is 1. The van der Waals surface area contributed by atoms with Gasteiger partial charge in [-0.05, 0) is 44.5 Å². The molecule has 0 radical (unpaired) electrons. The van der Waals surface area contributed by atoms with Gasteiger partial charge >= 0.3 is 5.97 Å². The minimum Gasteiger partial charge on any atom is -0.626 e. The Bertz CT molecular complexity index is 706. The number of esters is 1. The standard InChI is InChI=1S/C18H19O3P/c1-4-21-18(19)17-14(3)10-13(2)11-15(17)12-22(20)16-8-6-5-7-9-16/h5-12H,4H2,1-3H3. The monoisotopic (exact) mass is 314 g/mol. The third kappa shape index (κ3) is 3.82. The maximum atomic E-state index is 12.5. The van der Waals surface area contributed by atoms with Crippen molar-refractivity contribution in [3.63, 3.8) is 0 Å². The third-order valence-corrected chi connectivity index (χ3v) is 4.58. The number of hydrogen-bond acceptors (Lipinski definition) is 3. The van der Waals surface area contributed by atoms with Gasteiger partial charge in [-0.2, -0.15) is 0 Å². The quantitative estimate of drug-likeness (QED) is 0.644. The average molecular weight is 314 g/mol. The Labute approximate surface area is 132 Å². The SMILES string of the molecule is CCOC(=O)c1c(C)cc(C)cc1C=[P+]([O-])c1ccccc1. The number of aryl methyl sites for hydroxylation is 2. The molecule has 4 heteroatoms. The molecule has 0 amide bonds. The van der Waals surface area contributed by atoms with Crippen molar-refractivity contribution in [2.24, 2.45) is 0 Å². The first-order valence-corrected chi connectivity index (χ1v) is 8.50. The van der Waals surface area contributed by atoms with Crippen molar-refractivity contribution in [2.45, 2.75) is 20.8 Å². The second kappa shape index (κ2) is 7.35. The van der Waals surface area contributed by atoms with Gasteiger partial charge in [-0.1, -0.05) is 29.8 Å². The van der Waals surface area contributed by atoms with Gasteiger partial charge in [0.1, 0.15) is 11.1 Å². The highest BCUT2D eigenvalue weighted by Gasteiger charge is 2.17. The number of rotatable bonds is 4. The summed E-state index contributed by atoms with van der Waals surface area (Å²) in [4.78, 5) is 24.7. The minimum atomic E-state index is -1.71. The van der Waals surface area contributed by atoms with Crippen molar-refractivity contribution in [1.82, 2.24) is 0 Å². The van der Waals surface area contributed by atoms with Crippen molar-refractivity contribution in [3.05, 3.63) is 64.7 Å². The molecule has 0 fully saturated rings. The summed E-state index contributed by atoms with van der Waals surface area (Å²) >= 11 is 0. The summed E-state index contributed by atoms with van der Waals surface area (Å²) in [6.45, 7) is 5.91. The fourth-order valence-corrected chi connectivity index (χ4v) is 3.43. The molecule has 0 N–H and O–H groups in total. The molecule has 3 nitrogen and oxygen atoms in total. The molecule has 22 heavy (non-hydrogen) atoms. The largest absolute Gasteiger partial charge is 0.626 e. The first-order valence-electron chi connectivity index (χ1n) is 7.17. The fraction of sp³-hybridized carbons (Fsp3) is 0.222. The van der Waals surface area contributed by atoms with Crippen LogP contribution in [-0.4, -0.2) is 18.4 Å². The molecule has 0 bridgehead atoms. The van der Waals surface area contributed by atoms with Crippen LogP contribution < -0.4 is 10.2 Å². The van der Waals surface area contributed by atoms with E-state index in [2.05, 4.69) is 0 Å². The van der Waals surface area contributed by atoms with E-state index in [1.54, 1.807) is 12.7 Å². The molecule has 1 unspecified atom stereocenters. The Morgan fingerprint density at radius 1 is 1.23 bits per heavy atom. The molecular formula is C18H19O3P. The van der Waals surface area contributed by atoms with Crippen LogP contribution in [0.1, 0.15) is 34.0 Å². The van der Waals surface area contributed by atoms with Crippen LogP contribution in [0, 0.1) is 13.8 Å². The maximum Gasteiger partial charge on any atom is 0.339 e. The van der Waals surface area contributed by atoms with E-state index in [-0.39, 0.29) is 5.97 Å². The van der Waals surface area contributed by atoms with Gasteiger partial charge in [-0.15, -0.1) is 0 Å². The van der Waals surface area contributed by atoms with Gasteiger partial charge in [0.15, 0.2) is 0 Å². The number of ether oxygens (including phenoxy) is 1. The molecule has 0 saturated carbocycles. The van der Waals surface area contributed by atoms with Crippen molar-refractivity contribution < 1.29 is 14.4 Å². The van der Waals surface area contributed by atoms with Crippen LogP contribution in [0.4, 0.5) is 0 Å². The highest BCUT2D eigenvalue weighted by molar-refractivity contribution is 7.58.